The van der Waals surface area contributed by atoms with Crippen molar-refractivity contribution in [3.63, 3.8) is 0 Å². The number of nitrogens with one attached hydrogen (secondary N) is 1. The van der Waals surface area contributed by atoms with E-state index in [0.29, 0.717) is 18.4 Å². The molecule has 7 nitrogen and oxygen atoms in total. The van der Waals surface area contributed by atoms with Gasteiger partial charge in [-0.15, -0.1) is 0 Å². The lowest BCUT2D eigenvalue weighted by molar-refractivity contribution is 0.351. The fourth-order valence-corrected chi connectivity index (χ4v) is 3.19. The summed E-state index contributed by atoms with van der Waals surface area (Å²) in [6, 6.07) is 2.53. The van der Waals surface area contributed by atoms with E-state index in [0.717, 1.165) is 37.4 Å². The molecule has 0 spiro atoms. The summed E-state index contributed by atoms with van der Waals surface area (Å²) >= 11 is 0. The van der Waals surface area contributed by atoms with Gasteiger partial charge in [-0.25, -0.2) is 4.98 Å². The van der Waals surface area contributed by atoms with Crippen LogP contribution in [0.3, 0.4) is 0 Å². The van der Waals surface area contributed by atoms with E-state index in [-0.39, 0.29) is 11.6 Å². The standard InChI is InChI=1S/C17H25N5O2/c1-4-21-10-7-18-16(17(21)23)22-8-5-14(6-9-22)19-13(3)15-11-12(2)24-20-15/h7,10-11,13-14,19H,4-6,8-9H2,1-3H3. The maximum absolute atomic E-state index is 12.4. The van der Waals surface area contributed by atoms with Crippen molar-refractivity contribution in [1.82, 2.24) is 20.0 Å². The second kappa shape index (κ2) is 7.17. The van der Waals surface area contributed by atoms with Gasteiger partial charge in [0.1, 0.15) is 11.5 Å². The van der Waals surface area contributed by atoms with Crippen molar-refractivity contribution >= 4 is 5.82 Å². The minimum absolute atomic E-state index is 0.00199. The normalized spacial score (nSPS) is 17.2. The molecular formula is C17H25N5O2. The molecule has 0 radical (unpaired) electrons. The summed E-state index contributed by atoms with van der Waals surface area (Å²) in [5.41, 5.74) is 0.934. The molecule has 2 aromatic rings. The number of anilines is 1. The molecule has 1 aliphatic rings. The summed E-state index contributed by atoms with van der Waals surface area (Å²) in [5, 5.41) is 7.68. The van der Waals surface area contributed by atoms with Crippen LogP contribution < -0.4 is 15.8 Å². The highest BCUT2D eigenvalue weighted by molar-refractivity contribution is 5.36. The monoisotopic (exact) mass is 331 g/mol. The van der Waals surface area contributed by atoms with Gasteiger partial charge >= 0.3 is 0 Å². The van der Waals surface area contributed by atoms with E-state index in [1.807, 2.05) is 19.9 Å². The van der Waals surface area contributed by atoms with Crippen molar-refractivity contribution in [3.05, 3.63) is 40.3 Å². The minimum atomic E-state index is -0.00199. The minimum Gasteiger partial charge on any atom is -0.361 e. The van der Waals surface area contributed by atoms with E-state index in [1.165, 1.54) is 0 Å². The molecule has 1 aliphatic heterocycles. The molecule has 2 aromatic heterocycles. The van der Waals surface area contributed by atoms with Crippen molar-refractivity contribution in [2.24, 2.45) is 0 Å². The van der Waals surface area contributed by atoms with Gasteiger partial charge < -0.3 is 19.3 Å². The van der Waals surface area contributed by atoms with Crippen LogP contribution in [0.25, 0.3) is 0 Å². The van der Waals surface area contributed by atoms with Crippen LogP contribution in [0.1, 0.15) is 44.2 Å². The van der Waals surface area contributed by atoms with Crippen LogP contribution in [0.15, 0.2) is 27.8 Å². The first-order valence-corrected chi connectivity index (χ1v) is 8.58. The third-order valence-electron chi connectivity index (χ3n) is 4.61. The van der Waals surface area contributed by atoms with Gasteiger partial charge in [0.25, 0.3) is 5.56 Å². The lowest BCUT2D eigenvalue weighted by Crippen LogP contribution is -2.45. The average molecular weight is 331 g/mol. The molecule has 0 aromatic carbocycles. The summed E-state index contributed by atoms with van der Waals surface area (Å²) < 4.78 is 6.84. The molecule has 0 aliphatic carbocycles. The molecule has 0 saturated carbocycles. The van der Waals surface area contributed by atoms with Gasteiger partial charge in [-0.2, -0.15) is 0 Å². The lowest BCUT2D eigenvalue weighted by Gasteiger charge is -2.34. The van der Waals surface area contributed by atoms with E-state index in [2.05, 4.69) is 27.3 Å². The summed E-state index contributed by atoms with van der Waals surface area (Å²) in [4.78, 5) is 18.8. The first-order valence-electron chi connectivity index (χ1n) is 8.58. The Morgan fingerprint density at radius 1 is 1.42 bits per heavy atom. The Bertz CT molecular complexity index is 731. The average Bonchev–Trinajstić information content (AvgIpc) is 3.03. The zero-order chi connectivity index (χ0) is 17.1. The number of aryl methyl sites for hydroxylation is 2. The third kappa shape index (κ3) is 3.51. The fraction of sp³-hybridized carbons (Fsp3) is 0.588. The lowest BCUT2D eigenvalue weighted by atomic mass is 10.0. The number of aromatic nitrogens is 3. The number of piperidine rings is 1. The SMILES string of the molecule is CCn1ccnc(N2CCC(NC(C)c3cc(C)on3)CC2)c1=O. The van der Waals surface area contributed by atoms with Crippen molar-refractivity contribution in [2.75, 3.05) is 18.0 Å². The van der Waals surface area contributed by atoms with E-state index in [9.17, 15) is 4.79 Å². The number of hydrogen-bond donors (Lipinski definition) is 1. The quantitative estimate of drug-likeness (QED) is 0.901. The zero-order valence-electron chi connectivity index (χ0n) is 14.5. The van der Waals surface area contributed by atoms with Crippen LogP contribution in [0.5, 0.6) is 0 Å². The van der Waals surface area contributed by atoms with Gasteiger partial charge in [0.2, 0.25) is 0 Å². The second-order valence-corrected chi connectivity index (χ2v) is 6.35. The fourth-order valence-electron chi connectivity index (χ4n) is 3.19. The maximum Gasteiger partial charge on any atom is 0.293 e. The molecule has 7 heteroatoms. The van der Waals surface area contributed by atoms with E-state index >= 15 is 0 Å². The van der Waals surface area contributed by atoms with E-state index in [4.69, 9.17) is 4.52 Å². The maximum atomic E-state index is 12.4. The Balaban J connectivity index is 1.59. The van der Waals surface area contributed by atoms with Gasteiger partial charge in [-0.3, -0.25) is 4.79 Å². The van der Waals surface area contributed by atoms with Crippen LogP contribution in [0, 0.1) is 6.92 Å². The first-order chi connectivity index (χ1) is 11.6. The molecule has 3 heterocycles. The van der Waals surface area contributed by atoms with Crippen LogP contribution in [-0.4, -0.2) is 33.8 Å². The highest BCUT2D eigenvalue weighted by Crippen LogP contribution is 2.19. The second-order valence-electron chi connectivity index (χ2n) is 6.35. The Hall–Kier alpha value is -2.15. The van der Waals surface area contributed by atoms with E-state index in [1.54, 1.807) is 17.0 Å². The molecule has 1 atom stereocenters. The highest BCUT2D eigenvalue weighted by Gasteiger charge is 2.24. The van der Waals surface area contributed by atoms with Crippen molar-refractivity contribution in [1.29, 1.82) is 0 Å². The molecule has 1 N–H and O–H groups in total. The summed E-state index contributed by atoms with van der Waals surface area (Å²) in [6.45, 7) is 8.30. The van der Waals surface area contributed by atoms with Gasteiger partial charge in [0.05, 0.1) is 6.04 Å². The predicted octanol–water partition coefficient (Wildman–Crippen LogP) is 1.88. The molecule has 0 bridgehead atoms. The largest absolute Gasteiger partial charge is 0.361 e. The molecule has 1 saturated heterocycles. The first kappa shape index (κ1) is 16.7. The third-order valence-corrected chi connectivity index (χ3v) is 4.61. The number of rotatable bonds is 5. The highest BCUT2D eigenvalue weighted by atomic mass is 16.5. The van der Waals surface area contributed by atoms with E-state index < -0.39 is 0 Å². The molecule has 1 fully saturated rings. The summed E-state index contributed by atoms with van der Waals surface area (Å²) in [5.74, 6) is 1.40. The smallest absolute Gasteiger partial charge is 0.293 e. The van der Waals surface area contributed by atoms with Crippen molar-refractivity contribution in [3.8, 4) is 0 Å². The molecule has 0 amide bonds. The van der Waals surface area contributed by atoms with Gasteiger partial charge in [-0.05, 0) is 33.6 Å². The van der Waals surface area contributed by atoms with Gasteiger partial charge in [-0.1, -0.05) is 5.16 Å². The van der Waals surface area contributed by atoms with Crippen LogP contribution >= 0.6 is 0 Å². The molecule has 24 heavy (non-hydrogen) atoms. The molecule has 3 rings (SSSR count). The number of nitrogens with zero attached hydrogens (tertiary/aromatic N) is 4. The van der Waals surface area contributed by atoms with Crippen LogP contribution in [0.2, 0.25) is 0 Å². The van der Waals surface area contributed by atoms with Gasteiger partial charge in [0, 0.05) is 44.1 Å². The Morgan fingerprint density at radius 2 is 2.17 bits per heavy atom. The van der Waals surface area contributed by atoms with Gasteiger partial charge in [0.15, 0.2) is 5.82 Å². The zero-order valence-corrected chi connectivity index (χ0v) is 14.5. The Kier molecular flexibility index (Phi) is 4.99. The molecule has 1 unspecified atom stereocenters. The summed E-state index contributed by atoms with van der Waals surface area (Å²) in [6.07, 6.45) is 5.40. The van der Waals surface area contributed by atoms with Crippen molar-refractivity contribution in [2.45, 2.75) is 52.2 Å². The number of hydrogen-bond acceptors (Lipinski definition) is 6. The Labute approximate surface area is 141 Å². The van der Waals surface area contributed by atoms with Crippen molar-refractivity contribution < 1.29 is 4.52 Å². The molecular weight excluding hydrogens is 306 g/mol. The van der Waals surface area contributed by atoms with Crippen LogP contribution in [-0.2, 0) is 6.54 Å². The molecule has 130 valence electrons. The Morgan fingerprint density at radius 3 is 2.79 bits per heavy atom. The predicted molar refractivity (Wildman–Crippen MR) is 92.2 cm³/mol. The topological polar surface area (TPSA) is 76.2 Å². The summed E-state index contributed by atoms with van der Waals surface area (Å²) in [7, 11) is 0. The van der Waals surface area contributed by atoms with Crippen LogP contribution in [0.4, 0.5) is 5.82 Å².